The molecule has 0 saturated heterocycles. The molecule has 0 aliphatic carbocycles. The molecule has 3 nitrogen and oxygen atoms in total. The summed E-state index contributed by atoms with van der Waals surface area (Å²) >= 11 is 0. The van der Waals surface area contributed by atoms with Crippen LogP contribution in [0.3, 0.4) is 0 Å². The maximum absolute atomic E-state index is 9.60. The van der Waals surface area contributed by atoms with Crippen molar-refractivity contribution in [3.05, 3.63) is 54.6 Å². The van der Waals surface area contributed by atoms with Crippen molar-refractivity contribution < 1.29 is 14.4 Å². The molecule has 90 valence electrons. The highest BCUT2D eigenvalue weighted by molar-refractivity contribution is 6.74. The fourth-order valence-corrected chi connectivity index (χ4v) is 3.26. The number of hydrogen-bond acceptors (Lipinski definition) is 3. The van der Waals surface area contributed by atoms with Gasteiger partial charge in [-0.3, -0.25) is 0 Å². The largest absolute Gasteiger partial charge is 0.529 e. The second-order valence-electron chi connectivity index (χ2n) is 4.33. The smallest absolute Gasteiger partial charge is 0.386 e. The van der Waals surface area contributed by atoms with Crippen molar-refractivity contribution in [1.29, 1.82) is 0 Å². The molecule has 0 aliphatic rings. The Labute approximate surface area is 105 Å². The Bertz CT molecular complexity index is 732. The Balaban J connectivity index is 2.55. The second kappa shape index (κ2) is 3.89. The molecule has 0 aliphatic heterocycles. The average molecular weight is 256 g/mol. The minimum Gasteiger partial charge on any atom is -0.386 e. The lowest BCUT2D eigenvalue weighted by molar-refractivity contribution is 0.250. The minimum absolute atomic E-state index is 0.233. The Hall–Kier alpha value is -1.72. The van der Waals surface area contributed by atoms with Crippen molar-refractivity contribution in [3.8, 4) is 0 Å². The molecule has 0 unspecified atom stereocenters. The van der Waals surface area contributed by atoms with Crippen LogP contribution in [0.4, 0.5) is 0 Å². The molecule has 0 aromatic heterocycles. The molecule has 3 aromatic rings. The van der Waals surface area contributed by atoms with Crippen molar-refractivity contribution in [2.75, 3.05) is 0 Å². The molecule has 0 heterocycles. The first-order valence-electron chi connectivity index (χ1n) is 5.65. The van der Waals surface area contributed by atoms with Crippen LogP contribution >= 0.6 is 0 Å². The van der Waals surface area contributed by atoms with E-state index in [0.29, 0.717) is 5.39 Å². The van der Waals surface area contributed by atoms with Crippen LogP contribution in [0.2, 0.25) is 0 Å². The molecule has 0 radical (unpaired) electrons. The molecule has 3 N–H and O–H groups in total. The van der Waals surface area contributed by atoms with E-state index in [9.17, 15) is 14.4 Å². The highest BCUT2D eigenvalue weighted by Crippen LogP contribution is 2.24. The summed E-state index contributed by atoms with van der Waals surface area (Å²) in [5, 5.41) is 3.77. The molecule has 4 heteroatoms. The van der Waals surface area contributed by atoms with Gasteiger partial charge in [0.25, 0.3) is 0 Å². The van der Waals surface area contributed by atoms with Gasteiger partial charge in [-0.05, 0) is 27.6 Å². The summed E-state index contributed by atoms with van der Waals surface area (Å²) in [4.78, 5) is 28.8. The van der Waals surface area contributed by atoms with Gasteiger partial charge in [0.2, 0.25) is 0 Å². The third kappa shape index (κ3) is 1.72. The Kier molecular flexibility index (Phi) is 2.46. The first-order chi connectivity index (χ1) is 8.57. The molecule has 0 bridgehead atoms. The van der Waals surface area contributed by atoms with E-state index in [4.69, 9.17) is 0 Å². The van der Waals surface area contributed by atoms with Gasteiger partial charge in [0.1, 0.15) is 0 Å². The number of hydrogen-bond donors (Lipinski definition) is 3. The summed E-state index contributed by atoms with van der Waals surface area (Å²) in [6, 6.07) is 16.8. The quantitative estimate of drug-likeness (QED) is 0.451. The summed E-state index contributed by atoms with van der Waals surface area (Å²) in [7, 11) is -4.31. The maximum atomic E-state index is 9.60. The van der Waals surface area contributed by atoms with Crippen molar-refractivity contribution >= 4 is 35.5 Å². The summed E-state index contributed by atoms with van der Waals surface area (Å²) in [6.07, 6.45) is 0. The highest BCUT2D eigenvalue weighted by Gasteiger charge is 2.32. The predicted octanol–water partition coefficient (Wildman–Crippen LogP) is 1.12. The van der Waals surface area contributed by atoms with Crippen LogP contribution in [-0.2, 0) is 0 Å². The fraction of sp³-hybridized carbons (Fsp3) is 0. The highest BCUT2D eigenvalue weighted by atomic mass is 28.4. The lowest BCUT2D eigenvalue weighted by Crippen LogP contribution is -2.49. The predicted molar refractivity (Wildman–Crippen MR) is 73.5 cm³/mol. The van der Waals surface area contributed by atoms with Crippen LogP contribution in [-0.4, -0.2) is 23.2 Å². The summed E-state index contributed by atoms with van der Waals surface area (Å²) < 4.78 is 0. The lowest BCUT2D eigenvalue weighted by Gasteiger charge is -2.14. The Morgan fingerprint density at radius 1 is 0.667 bits per heavy atom. The standard InChI is InChI=1S/C14H12O3Si/c15-18(16,17)14-9-10-5-1-2-6-11(10)12-7-3-4-8-13(12)14/h1-9,15-17H. The van der Waals surface area contributed by atoms with E-state index >= 15 is 0 Å². The molecule has 18 heavy (non-hydrogen) atoms. The number of fused-ring (bicyclic) bond motifs is 3. The lowest BCUT2D eigenvalue weighted by atomic mass is 10.0. The Morgan fingerprint density at radius 2 is 1.22 bits per heavy atom. The zero-order valence-electron chi connectivity index (χ0n) is 9.54. The van der Waals surface area contributed by atoms with Gasteiger partial charge in [-0.1, -0.05) is 48.5 Å². The molecule has 0 saturated carbocycles. The van der Waals surface area contributed by atoms with E-state index < -0.39 is 8.80 Å². The van der Waals surface area contributed by atoms with Crippen molar-refractivity contribution in [2.45, 2.75) is 0 Å². The van der Waals surface area contributed by atoms with E-state index in [0.717, 1.165) is 16.2 Å². The van der Waals surface area contributed by atoms with Gasteiger partial charge >= 0.3 is 8.80 Å². The van der Waals surface area contributed by atoms with Crippen molar-refractivity contribution in [3.63, 3.8) is 0 Å². The Morgan fingerprint density at radius 3 is 1.89 bits per heavy atom. The first kappa shape index (κ1) is 11.4. The number of benzene rings is 3. The van der Waals surface area contributed by atoms with Crippen LogP contribution in [0.25, 0.3) is 21.5 Å². The molecule has 3 rings (SSSR count). The SMILES string of the molecule is O[Si](O)(O)c1cc2ccccc2c2ccccc12. The van der Waals surface area contributed by atoms with Crippen molar-refractivity contribution in [2.24, 2.45) is 0 Å². The second-order valence-corrected chi connectivity index (χ2v) is 6.14. The van der Waals surface area contributed by atoms with Gasteiger partial charge in [-0.2, -0.15) is 0 Å². The molecule has 0 amide bonds. The molecular weight excluding hydrogens is 244 g/mol. The summed E-state index contributed by atoms with van der Waals surface area (Å²) in [6.45, 7) is 0. The zero-order valence-corrected chi connectivity index (χ0v) is 10.5. The maximum Gasteiger partial charge on any atom is 0.529 e. The van der Waals surface area contributed by atoms with Gasteiger partial charge in [0.15, 0.2) is 0 Å². The van der Waals surface area contributed by atoms with E-state index in [2.05, 4.69) is 0 Å². The molecule has 0 spiro atoms. The van der Waals surface area contributed by atoms with E-state index in [-0.39, 0.29) is 5.19 Å². The van der Waals surface area contributed by atoms with E-state index in [1.165, 1.54) is 0 Å². The third-order valence-electron chi connectivity index (χ3n) is 3.13. The summed E-state index contributed by atoms with van der Waals surface area (Å²) in [5.41, 5.74) is 0. The minimum atomic E-state index is -4.31. The van der Waals surface area contributed by atoms with E-state index in [1.54, 1.807) is 12.1 Å². The monoisotopic (exact) mass is 256 g/mol. The van der Waals surface area contributed by atoms with Crippen molar-refractivity contribution in [1.82, 2.24) is 0 Å². The van der Waals surface area contributed by atoms with E-state index in [1.807, 2.05) is 42.5 Å². The van der Waals surface area contributed by atoms with Gasteiger partial charge < -0.3 is 14.4 Å². The van der Waals surface area contributed by atoms with Crippen LogP contribution in [0.5, 0.6) is 0 Å². The van der Waals surface area contributed by atoms with Crippen LogP contribution in [0.15, 0.2) is 54.6 Å². The molecule has 3 aromatic carbocycles. The zero-order chi connectivity index (χ0) is 12.8. The third-order valence-corrected chi connectivity index (χ3v) is 4.27. The van der Waals surface area contributed by atoms with Gasteiger partial charge in [0.05, 0.1) is 0 Å². The fourth-order valence-electron chi connectivity index (χ4n) is 2.33. The van der Waals surface area contributed by atoms with Crippen LogP contribution in [0.1, 0.15) is 0 Å². The van der Waals surface area contributed by atoms with Crippen LogP contribution < -0.4 is 5.19 Å². The number of rotatable bonds is 1. The van der Waals surface area contributed by atoms with Gasteiger partial charge in [-0.15, -0.1) is 0 Å². The first-order valence-corrected chi connectivity index (χ1v) is 7.49. The van der Waals surface area contributed by atoms with Crippen LogP contribution in [0, 0.1) is 0 Å². The van der Waals surface area contributed by atoms with Gasteiger partial charge in [-0.25, -0.2) is 0 Å². The molecule has 0 atom stereocenters. The normalized spacial score (nSPS) is 12.2. The van der Waals surface area contributed by atoms with Gasteiger partial charge in [0, 0.05) is 5.19 Å². The average Bonchev–Trinajstić information content (AvgIpc) is 2.37. The molecular formula is C14H12O3Si. The summed E-state index contributed by atoms with van der Waals surface area (Å²) in [5.74, 6) is 0. The molecule has 0 fully saturated rings. The topological polar surface area (TPSA) is 60.7 Å².